The molecular weight excluding hydrogens is 260 g/mol. The van der Waals surface area contributed by atoms with Crippen molar-refractivity contribution in [1.29, 1.82) is 0 Å². The Morgan fingerprint density at radius 1 is 1.55 bits per heavy atom. The molecule has 0 saturated carbocycles. The first-order valence-corrected chi connectivity index (χ1v) is 6.91. The Hall–Kier alpha value is -1.37. The standard InChI is InChI=1S/C14H22N2O4/c1-11(13(17)16-9-12-3-2-6-19-12)20-14(10-15)4-7-18-8-5-14/h2-3,6,11H,4-5,7-10,15H2,1H3,(H,16,17). The predicted octanol–water partition coefficient (Wildman–Crippen LogP) is 0.809. The fourth-order valence-corrected chi connectivity index (χ4v) is 2.27. The van der Waals surface area contributed by atoms with E-state index in [1.54, 1.807) is 19.3 Å². The van der Waals surface area contributed by atoms with Gasteiger partial charge in [-0.1, -0.05) is 0 Å². The van der Waals surface area contributed by atoms with E-state index in [0.29, 0.717) is 32.1 Å². The molecule has 2 rings (SSSR count). The van der Waals surface area contributed by atoms with Crippen molar-refractivity contribution in [2.24, 2.45) is 5.73 Å². The van der Waals surface area contributed by atoms with Crippen LogP contribution in [0.3, 0.4) is 0 Å². The molecule has 1 aromatic rings. The number of furan rings is 1. The summed E-state index contributed by atoms with van der Waals surface area (Å²) in [5.41, 5.74) is 5.37. The monoisotopic (exact) mass is 282 g/mol. The van der Waals surface area contributed by atoms with Crippen LogP contribution in [0.25, 0.3) is 0 Å². The highest BCUT2D eigenvalue weighted by Crippen LogP contribution is 2.25. The molecule has 1 aromatic heterocycles. The maximum absolute atomic E-state index is 12.0. The summed E-state index contributed by atoms with van der Waals surface area (Å²) in [6.07, 6.45) is 2.47. The Bertz CT molecular complexity index is 413. The van der Waals surface area contributed by atoms with Crippen molar-refractivity contribution < 1.29 is 18.7 Å². The van der Waals surface area contributed by atoms with Crippen LogP contribution in [0.1, 0.15) is 25.5 Å². The summed E-state index contributed by atoms with van der Waals surface area (Å²) in [7, 11) is 0. The molecule has 1 fully saturated rings. The zero-order chi connectivity index (χ0) is 14.4. The van der Waals surface area contributed by atoms with Crippen molar-refractivity contribution in [3.05, 3.63) is 24.2 Å². The van der Waals surface area contributed by atoms with E-state index < -0.39 is 11.7 Å². The van der Waals surface area contributed by atoms with Crippen LogP contribution < -0.4 is 11.1 Å². The first-order valence-electron chi connectivity index (χ1n) is 6.91. The van der Waals surface area contributed by atoms with Gasteiger partial charge in [-0.25, -0.2) is 0 Å². The largest absolute Gasteiger partial charge is 0.467 e. The third kappa shape index (κ3) is 3.82. The molecule has 1 atom stereocenters. The Balaban J connectivity index is 1.83. The number of ether oxygens (including phenoxy) is 2. The van der Waals surface area contributed by atoms with Crippen molar-refractivity contribution in [1.82, 2.24) is 5.32 Å². The van der Waals surface area contributed by atoms with Gasteiger partial charge in [-0.15, -0.1) is 0 Å². The maximum atomic E-state index is 12.0. The van der Waals surface area contributed by atoms with E-state index in [2.05, 4.69) is 5.32 Å². The van der Waals surface area contributed by atoms with E-state index >= 15 is 0 Å². The van der Waals surface area contributed by atoms with Crippen molar-refractivity contribution in [3.8, 4) is 0 Å². The quantitative estimate of drug-likeness (QED) is 0.806. The summed E-state index contributed by atoms with van der Waals surface area (Å²) in [4.78, 5) is 12.0. The zero-order valence-electron chi connectivity index (χ0n) is 11.8. The minimum absolute atomic E-state index is 0.166. The minimum atomic E-state index is -0.549. The second-order valence-electron chi connectivity index (χ2n) is 5.06. The van der Waals surface area contributed by atoms with Crippen LogP contribution >= 0.6 is 0 Å². The van der Waals surface area contributed by atoms with Gasteiger partial charge in [-0.3, -0.25) is 4.79 Å². The molecule has 1 amide bonds. The van der Waals surface area contributed by atoms with E-state index in [4.69, 9.17) is 19.6 Å². The topological polar surface area (TPSA) is 86.7 Å². The summed E-state index contributed by atoms with van der Waals surface area (Å²) in [5, 5.41) is 2.79. The fraction of sp³-hybridized carbons (Fsp3) is 0.643. The average Bonchev–Trinajstić information content (AvgIpc) is 2.99. The lowest BCUT2D eigenvalue weighted by Gasteiger charge is -2.37. The van der Waals surface area contributed by atoms with Gasteiger partial charge in [0.1, 0.15) is 11.9 Å². The van der Waals surface area contributed by atoms with Crippen LogP contribution in [0.2, 0.25) is 0 Å². The van der Waals surface area contributed by atoms with Crippen molar-refractivity contribution >= 4 is 5.91 Å². The predicted molar refractivity (Wildman–Crippen MR) is 72.9 cm³/mol. The number of hydrogen-bond donors (Lipinski definition) is 2. The third-order valence-electron chi connectivity index (χ3n) is 3.59. The number of carbonyl (C=O) groups excluding carboxylic acids is 1. The molecule has 1 saturated heterocycles. The number of hydrogen-bond acceptors (Lipinski definition) is 5. The molecule has 20 heavy (non-hydrogen) atoms. The molecule has 6 heteroatoms. The molecule has 1 aliphatic heterocycles. The van der Waals surface area contributed by atoms with E-state index in [1.807, 2.05) is 6.07 Å². The minimum Gasteiger partial charge on any atom is -0.467 e. The van der Waals surface area contributed by atoms with E-state index in [1.165, 1.54) is 0 Å². The molecule has 1 unspecified atom stereocenters. The lowest BCUT2D eigenvalue weighted by Crippen LogP contribution is -2.50. The highest BCUT2D eigenvalue weighted by molar-refractivity contribution is 5.80. The van der Waals surface area contributed by atoms with Gasteiger partial charge in [-0.05, 0) is 19.1 Å². The van der Waals surface area contributed by atoms with Gasteiger partial charge in [0.25, 0.3) is 0 Å². The van der Waals surface area contributed by atoms with Gasteiger partial charge < -0.3 is 24.9 Å². The summed E-state index contributed by atoms with van der Waals surface area (Å²) >= 11 is 0. The fourth-order valence-electron chi connectivity index (χ4n) is 2.27. The Morgan fingerprint density at radius 2 is 2.30 bits per heavy atom. The number of amides is 1. The summed E-state index contributed by atoms with van der Waals surface area (Å²) in [6.45, 7) is 3.74. The Morgan fingerprint density at radius 3 is 2.90 bits per heavy atom. The first kappa shape index (κ1) is 15.0. The highest BCUT2D eigenvalue weighted by Gasteiger charge is 2.35. The second kappa shape index (κ2) is 6.88. The van der Waals surface area contributed by atoms with E-state index in [9.17, 15) is 4.79 Å². The first-order chi connectivity index (χ1) is 9.65. The molecule has 112 valence electrons. The van der Waals surface area contributed by atoms with Crippen LogP contribution in [0.5, 0.6) is 0 Å². The van der Waals surface area contributed by atoms with Crippen molar-refractivity contribution in [3.63, 3.8) is 0 Å². The smallest absolute Gasteiger partial charge is 0.249 e. The van der Waals surface area contributed by atoms with E-state index in [-0.39, 0.29) is 5.91 Å². The van der Waals surface area contributed by atoms with Gasteiger partial charge in [0.15, 0.2) is 0 Å². The van der Waals surface area contributed by atoms with Gasteiger partial charge in [0, 0.05) is 32.6 Å². The van der Waals surface area contributed by atoms with Crippen molar-refractivity contribution in [2.75, 3.05) is 19.8 Å². The van der Waals surface area contributed by atoms with Crippen LogP contribution in [0, 0.1) is 0 Å². The molecule has 0 aliphatic carbocycles. The highest BCUT2D eigenvalue weighted by atomic mass is 16.5. The van der Waals surface area contributed by atoms with Crippen LogP contribution in [0.4, 0.5) is 0 Å². The molecule has 0 bridgehead atoms. The molecule has 1 aliphatic rings. The Labute approximate surface area is 118 Å². The molecule has 6 nitrogen and oxygen atoms in total. The number of rotatable bonds is 6. The number of nitrogens with two attached hydrogens (primary N) is 1. The summed E-state index contributed by atoms with van der Waals surface area (Å²) in [6, 6.07) is 3.60. The number of nitrogens with one attached hydrogen (secondary N) is 1. The van der Waals surface area contributed by atoms with Gasteiger partial charge in [0.2, 0.25) is 5.91 Å². The van der Waals surface area contributed by atoms with Crippen molar-refractivity contribution in [2.45, 2.75) is 38.0 Å². The number of carbonyl (C=O) groups is 1. The normalized spacial score (nSPS) is 19.5. The third-order valence-corrected chi connectivity index (χ3v) is 3.59. The summed E-state index contributed by atoms with van der Waals surface area (Å²) in [5.74, 6) is 0.547. The van der Waals surface area contributed by atoms with Gasteiger partial charge >= 0.3 is 0 Å². The van der Waals surface area contributed by atoms with Crippen LogP contribution in [-0.4, -0.2) is 37.4 Å². The lowest BCUT2D eigenvalue weighted by molar-refractivity contribution is -0.158. The maximum Gasteiger partial charge on any atom is 0.249 e. The molecular formula is C14H22N2O4. The molecule has 2 heterocycles. The zero-order valence-corrected chi connectivity index (χ0v) is 11.8. The van der Waals surface area contributed by atoms with Gasteiger partial charge in [-0.2, -0.15) is 0 Å². The molecule has 0 aromatic carbocycles. The lowest BCUT2D eigenvalue weighted by atomic mass is 9.94. The molecule has 0 radical (unpaired) electrons. The van der Waals surface area contributed by atoms with Crippen LogP contribution in [0.15, 0.2) is 22.8 Å². The second-order valence-corrected chi connectivity index (χ2v) is 5.06. The summed E-state index contributed by atoms with van der Waals surface area (Å²) < 4.78 is 16.4. The average molecular weight is 282 g/mol. The molecule has 0 spiro atoms. The van der Waals surface area contributed by atoms with E-state index in [0.717, 1.165) is 12.8 Å². The van der Waals surface area contributed by atoms with Crippen LogP contribution in [-0.2, 0) is 20.8 Å². The SMILES string of the molecule is CC(OC1(CN)CCOCC1)C(=O)NCc1ccco1. The molecule has 3 N–H and O–H groups in total. The van der Waals surface area contributed by atoms with Gasteiger partial charge in [0.05, 0.1) is 18.4 Å². The Kier molecular flexibility index (Phi) is 5.17.